The largest absolute Gasteiger partial charge is 0.361 e. The molecule has 0 atom stereocenters. The Balaban J connectivity index is 1.65. The number of hydrogen-bond acceptors (Lipinski definition) is 1. The number of halogens is 2. The van der Waals surface area contributed by atoms with Crippen LogP contribution in [-0.4, -0.2) is 17.4 Å². The van der Waals surface area contributed by atoms with Crippen LogP contribution in [0.5, 0.6) is 0 Å². The van der Waals surface area contributed by atoms with E-state index in [0.717, 1.165) is 11.9 Å². The number of carbonyl (C=O) groups excluding carboxylic acids is 1. The summed E-state index contributed by atoms with van der Waals surface area (Å²) in [5.74, 6) is -0.153. The number of amides is 1. The van der Waals surface area contributed by atoms with E-state index in [1.807, 2.05) is 6.20 Å². The highest BCUT2D eigenvalue weighted by Gasteiger charge is 2.09. The maximum Gasteiger partial charge on any atom is 0.251 e. The molecule has 0 unspecified atom stereocenters. The van der Waals surface area contributed by atoms with E-state index >= 15 is 0 Å². The number of aromatic nitrogens is 1. The molecule has 1 amide bonds. The van der Waals surface area contributed by atoms with Crippen LogP contribution in [0.1, 0.15) is 21.5 Å². The maximum absolute atomic E-state index is 12.1. The SMILES string of the molecule is Cc1ccc2[nH]cc(CCNC(=O)c3ccc(Cl)c(Cl)c3)c2c1. The highest BCUT2D eigenvalue weighted by atomic mass is 35.5. The topological polar surface area (TPSA) is 44.9 Å². The van der Waals surface area contributed by atoms with Crippen LogP contribution in [0.3, 0.4) is 0 Å². The zero-order valence-electron chi connectivity index (χ0n) is 12.6. The van der Waals surface area contributed by atoms with E-state index in [9.17, 15) is 4.79 Å². The van der Waals surface area contributed by atoms with Crippen LogP contribution in [-0.2, 0) is 6.42 Å². The van der Waals surface area contributed by atoms with Crippen molar-refractivity contribution in [2.24, 2.45) is 0 Å². The summed E-state index contributed by atoms with van der Waals surface area (Å²) in [6, 6.07) is 11.2. The smallest absolute Gasteiger partial charge is 0.251 e. The summed E-state index contributed by atoms with van der Waals surface area (Å²) in [7, 11) is 0. The molecule has 0 spiro atoms. The number of hydrogen-bond donors (Lipinski definition) is 2. The molecule has 23 heavy (non-hydrogen) atoms. The highest BCUT2D eigenvalue weighted by Crippen LogP contribution is 2.23. The molecule has 3 aromatic rings. The van der Waals surface area contributed by atoms with Crippen LogP contribution in [0.2, 0.25) is 10.0 Å². The van der Waals surface area contributed by atoms with Gasteiger partial charge in [-0.3, -0.25) is 4.79 Å². The molecular weight excluding hydrogens is 331 g/mol. The Hall–Kier alpha value is -1.97. The van der Waals surface area contributed by atoms with Gasteiger partial charge in [0, 0.05) is 29.2 Å². The molecule has 1 aromatic heterocycles. The molecule has 0 radical (unpaired) electrons. The summed E-state index contributed by atoms with van der Waals surface area (Å²) < 4.78 is 0. The lowest BCUT2D eigenvalue weighted by molar-refractivity contribution is 0.0954. The number of H-pyrrole nitrogens is 1. The molecule has 5 heteroatoms. The second-order valence-corrected chi connectivity index (χ2v) is 6.31. The van der Waals surface area contributed by atoms with Gasteiger partial charge >= 0.3 is 0 Å². The first-order chi connectivity index (χ1) is 11.0. The van der Waals surface area contributed by atoms with Gasteiger partial charge in [0.05, 0.1) is 10.0 Å². The zero-order chi connectivity index (χ0) is 16.4. The van der Waals surface area contributed by atoms with E-state index in [-0.39, 0.29) is 5.91 Å². The van der Waals surface area contributed by atoms with Crippen LogP contribution in [0, 0.1) is 6.92 Å². The molecule has 0 saturated carbocycles. The molecule has 2 aromatic carbocycles. The first kappa shape index (κ1) is 15.9. The lowest BCUT2D eigenvalue weighted by Gasteiger charge is -2.06. The minimum Gasteiger partial charge on any atom is -0.361 e. The van der Waals surface area contributed by atoms with Gasteiger partial charge in [0.1, 0.15) is 0 Å². The van der Waals surface area contributed by atoms with Gasteiger partial charge in [0.25, 0.3) is 5.91 Å². The summed E-state index contributed by atoms with van der Waals surface area (Å²) in [5.41, 5.74) is 4.03. The molecule has 0 aliphatic rings. The molecule has 3 rings (SSSR count). The van der Waals surface area contributed by atoms with Crippen molar-refractivity contribution in [1.29, 1.82) is 0 Å². The molecule has 3 nitrogen and oxygen atoms in total. The van der Waals surface area contributed by atoms with E-state index in [1.165, 1.54) is 16.5 Å². The maximum atomic E-state index is 12.1. The highest BCUT2D eigenvalue weighted by molar-refractivity contribution is 6.42. The minimum atomic E-state index is -0.153. The third-order valence-electron chi connectivity index (χ3n) is 3.78. The van der Waals surface area contributed by atoms with E-state index in [0.29, 0.717) is 22.2 Å². The Bertz CT molecular complexity index is 871. The zero-order valence-corrected chi connectivity index (χ0v) is 14.1. The van der Waals surface area contributed by atoms with E-state index < -0.39 is 0 Å². The van der Waals surface area contributed by atoms with Crippen LogP contribution < -0.4 is 5.32 Å². The first-order valence-electron chi connectivity index (χ1n) is 7.34. The molecule has 0 bridgehead atoms. The summed E-state index contributed by atoms with van der Waals surface area (Å²) in [6.45, 7) is 2.63. The van der Waals surface area contributed by atoms with Gasteiger partial charge in [0.2, 0.25) is 0 Å². The van der Waals surface area contributed by atoms with Crippen molar-refractivity contribution in [3.8, 4) is 0 Å². The number of aromatic amines is 1. The second kappa shape index (κ2) is 6.65. The average Bonchev–Trinajstić information content (AvgIpc) is 2.92. The summed E-state index contributed by atoms with van der Waals surface area (Å²) in [6.07, 6.45) is 2.76. The molecule has 118 valence electrons. The molecular formula is C18H16Cl2N2O. The van der Waals surface area contributed by atoms with Crippen molar-refractivity contribution in [3.63, 3.8) is 0 Å². The predicted molar refractivity (Wildman–Crippen MR) is 95.5 cm³/mol. The molecule has 0 aliphatic heterocycles. The van der Waals surface area contributed by atoms with Crippen molar-refractivity contribution >= 4 is 40.0 Å². The fraction of sp³-hybridized carbons (Fsp3) is 0.167. The second-order valence-electron chi connectivity index (χ2n) is 5.50. The van der Waals surface area contributed by atoms with Gasteiger partial charge in [-0.05, 0) is 49.2 Å². The number of benzene rings is 2. The molecule has 0 saturated heterocycles. The number of fused-ring (bicyclic) bond motifs is 1. The van der Waals surface area contributed by atoms with Crippen molar-refractivity contribution in [1.82, 2.24) is 10.3 Å². The molecule has 1 heterocycles. The fourth-order valence-electron chi connectivity index (χ4n) is 2.55. The third kappa shape index (κ3) is 3.52. The fourth-order valence-corrected chi connectivity index (χ4v) is 2.85. The Kier molecular flexibility index (Phi) is 4.60. The monoisotopic (exact) mass is 346 g/mol. The molecule has 2 N–H and O–H groups in total. The first-order valence-corrected chi connectivity index (χ1v) is 8.10. The standard InChI is InChI=1S/C18H16Cl2N2O/c1-11-2-5-17-14(8-11)13(10-22-17)6-7-21-18(23)12-3-4-15(19)16(20)9-12/h2-5,8-10,22H,6-7H2,1H3,(H,21,23). The van der Waals surface area contributed by atoms with Crippen molar-refractivity contribution in [3.05, 3.63) is 69.3 Å². The van der Waals surface area contributed by atoms with Gasteiger partial charge in [0.15, 0.2) is 0 Å². The number of rotatable bonds is 4. The van der Waals surface area contributed by atoms with Crippen molar-refractivity contribution < 1.29 is 4.79 Å². The summed E-state index contributed by atoms with van der Waals surface area (Å²) in [4.78, 5) is 15.4. The van der Waals surface area contributed by atoms with Crippen LogP contribution in [0.25, 0.3) is 10.9 Å². The van der Waals surface area contributed by atoms with Crippen molar-refractivity contribution in [2.45, 2.75) is 13.3 Å². The van der Waals surface area contributed by atoms with E-state index in [4.69, 9.17) is 23.2 Å². The Morgan fingerprint density at radius 3 is 2.74 bits per heavy atom. The molecule has 0 fully saturated rings. The van der Waals surface area contributed by atoms with Gasteiger partial charge in [-0.15, -0.1) is 0 Å². The summed E-state index contributed by atoms with van der Waals surface area (Å²) in [5, 5.41) is 4.93. The average molecular weight is 347 g/mol. The van der Waals surface area contributed by atoms with Crippen LogP contribution >= 0.6 is 23.2 Å². The number of aryl methyl sites for hydroxylation is 1. The Morgan fingerprint density at radius 2 is 1.96 bits per heavy atom. The predicted octanol–water partition coefficient (Wildman–Crippen LogP) is 4.76. The minimum absolute atomic E-state index is 0.153. The van der Waals surface area contributed by atoms with E-state index in [1.54, 1.807) is 18.2 Å². The number of carbonyl (C=O) groups is 1. The summed E-state index contributed by atoms with van der Waals surface area (Å²) >= 11 is 11.8. The van der Waals surface area contributed by atoms with Gasteiger partial charge in [-0.25, -0.2) is 0 Å². The van der Waals surface area contributed by atoms with Crippen LogP contribution in [0.15, 0.2) is 42.6 Å². The Morgan fingerprint density at radius 1 is 1.13 bits per heavy atom. The van der Waals surface area contributed by atoms with Crippen LogP contribution in [0.4, 0.5) is 0 Å². The van der Waals surface area contributed by atoms with Crippen molar-refractivity contribution in [2.75, 3.05) is 6.54 Å². The van der Waals surface area contributed by atoms with Gasteiger partial charge in [-0.1, -0.05) is 34.8 Å². The molecule has 0 aliphatic carbocycles. The third-order valence-corrected chi connectivity index (χ3v) is 4.52. The number of nitrogens with one attached hydrogen (secondary N) is 2. The Labute approximate surface area is 144 Å². The quantitative estimate of drug-likeness (QED) is 0.702. The van der Waals surface area contributed by atoms with Gasteiger partial charge < -0.3 is 10.3 Å². The van der Waals surface area contributed by atoms with Gasteiger partial charge in [-0.2, -0.15) is 0 Å². The van der Waals surface area contributed by atoms with E-state index in [2.05, 4.69) is 35.4 Å². The lowest BCUT2D eigenvalue weighted by atomic mass is 10.1. The normalized spacial score (nSPS) is 10.9. The lowest BCUT2D eigenvalue weighted by Crippen LogP contribution is -2.25.